The maximum Gasteiger partial charge on any atom is 0.358 e. The second-order valence-corrected chi connectivity index (χ2v) is 7.17. The van der Waals surface area contributed by atoms with Crippen molar-refractivity contribution < 1.29 is 14.3 Å². The first kappa shape index (κ1) is 16.1. The molecule has 5 nitrogen and oxygen atoms in total. The van der Waals surface area contributed by atoms with Crippen LogP contribution in [0.25, 0.3) is 10.6 Å². The molecule has 0 saturated heterocycles. The molecular weight excluding hydrogens is 332 g/mol. The molecule has 1 saturated carbocycles. The lowest BCUT2D eigenvalue weighted by Gasteiger charge is -2.22. The number of nitrogens with zero attached hydrogens (tertiary/aromatic N) is 1. The highest BCUT2D eigenvalue weighted by Gasteiger charge is 2.18. The van der Waals surface area contributed by atoms with E-state index in [9.17, 15) is 9.59 Å². The van der Waals surface area contributed by atoms with Gasteiger partial charge in [0.05, 0.1) is 0 Å². The van der Waals surface area contributed by atoms with Crippen molar-refractivity contribution in [1.29, 1.82) is 0 Å². The van der Waals surface area contributed by atoms with Gasteiger partial charge in [-0.3, -0.25) is 4.79 Å². The van der Waals surface area contributed by atoms with Gasteiger partial charge in [0.1, 0.15) is 5.01 Å². The molecule has 122 valence electrons. The van der Waals surface area contributed by atoms with Crippen molar-refractivity contribution in [1.82, 2.24) is 10.3 Å². The molecule has 1 N–H and O–H groups in total. The molecule has 1 aliphatic carbocycles. The quantitative estimate of drug-likeness (QED) is 0.838. The van der Waals surface area contributed by atoms with E-state index >= 15 is 0 Å². The smallest absolute Gasteiger partial charge is 0.358 e. The fourth-order valence-corrected chi connectivity index (χ4v) is 4.11. The fourth-order valence-electron chi connectivity index (χ4n) is 2.61. The van der Waals surface area contributed by atoms with Crippen molar-refractivity contribution in [3.8, 4) is 10.6 Å². The first-order chi connectivity index (χ1) is 11.2. The Morgan fingerprint density at radius 2 is 2.09 bits per heavy atom. The molecule has 0 atom stereocenters. The number of carbonyl (C=O) groups is 2. The number of hydrogen-bond donors (Lipinski definition) is 1. The molecule has 3 rings (SSSR count). The van der Waals surface area contributed by atoms with Crippen LogP contribution in [0.15, 0.2) is 22.2 Å². The topological polar surface area (TPSA) is 68.3 Å². The number of aromatic nitrogens is 1. The molecule has 1 amide bonds. The van der Waals surface area contributed by atoms with Gasteiger partial charge in [-0.25, -0.2) is 9.78 Å². The lowest BCUT2D eigenvalue weighted by Crippen LogP contribution is -2.38. The average Bonchev–Trinajstić information content (AvgIpc) is 3.24. The first-order valence-electron chi connectivity index (χ1n) is 7.67. The summed E-state index contributed by atoms with van der Waals surface area (Å²) in [5.74, 6) is -0.792. The Balaban J connectivity index is 1.48. The van der Waals surface area contributed by atoms with Gasteiger partial charge in [0, 0.05) is 22.4 Å². The molecule has 2 heterocycles. The minimum Gasteiger partial charge on any atom is -0.451 e. The van der Waals surface area contributed by atoms with Gasteiger partial charge in [0.2, 0.25) is 0 Å². The zero-order valence-electron chi connectivity index (χ0n) is 12.6. The molecule has 0 radical (unpaired) electrons. The highest BCUT2D eigenvalue weighted by Crippen LogP contribution is 2.25. The van der Waals surface area contributed by atoms with Gasteiger partial charge in [-0.2, -0.15) is 11.3 Å². The molecule has 1 aliphatic rings. The molecular formula is C16H18N2O3S2. The predicted octanol–water partition coefficient (Wildman–Crippen LogP) is 3.48. The van der Waals surface area contributed by atoms with Crippen molar-refractivity contribution in [2.24, 2.45) is 0 Å². The minimum absolute atomic E-state index is 0.222. The number of esters is 1. The zero-order chi connectivity index (χ0) is 16.1. The van der Waals surface area contributed by atoms with E-state index in [4.69, 9.17) is 4.74 Å². The Bertz CT molecular complexity index is 661. The summed E-state index contributed by atoms with van der Waals surface area (Å²) in [5, 5.41) is 9.30. The van der Waals surface area contributed by atoms with E-state index in [0.29, 0.717) is 0 Å². The second kappa shape index (κ2) is 7.70. The molecule has 2 aromatic rings. The number of thiazole rings is 1. The number of hydrogen-bond acceptors (Lipinski definition) is 6. The van der Waals surface area contributed by atoms with Crippen LogP contribution in [0.1, 0.15) is 42.6 Å². The molecule has 23 heavy (non-hydrogen) atoms. The van der Waals surface area contributed by atoms with E-state index in [-0.39, 0.29) is 24.2 Å². The molecule has 0 aliphatic heterocycles. The maximum atomic E-state index is 12.0. The van der Waals surface area contributed by atoms with Gasteiger partial charge in [0.15, 0.2) is 12.3 Å². The van der Waals surface area contributed by atoms with Gasteiger partial charge in [0.25, 0.3) is 5.91 Å². The maximum absolute atomic E-state index is 12.0. The van der Waals surface area contributed by atoms with Crippen LogP contribution in [0, 0.1) is 0 Å². The van der Waals surface area contributed by atoms with Crippen molar-refractivity contribution in [3.63, 3.8) is 0 Å². The van der Waals surface area contributed by atoms with Gasteiger partial charge < -0.3 is 10.1 Å². The Kier molecular flexibility index (Phi) is 5.40. The summed E-state index contributed by atoms with van der Waals surface area (Å²) in [7, 11) is 0. The number of thiophene rings is 1. The van der Waals surface area contributed by atoms with Crippen LogP contribution in [0.2, 0.25) is 0 Å². The Labute approximate surface area is 142 Å². The summed E-state index contributed by atoms with van der Waals surface area (Å²) in [6, 6.07) is 2.18. The Morgan fingerprint density at radius 1 is 1.26 bits per heavy atom. The molecule has 0 bridgehead atoms. The van der Waals surface area contributed by atoms with Crippen LogP contribution in [0.5, 0.6) is 0 Å². The second-order valence-electron chi connectivity index (χ2n) is 5.53. The molecule has 2 aromatic heterocycles. The van der Waals surface area contributed by atoms with Gasteiger partial charge >= 0.3 is 5.97 Å². The molecule has 1 fully saturated rings. The monoisotopic (exact) mass is 350 g/mol. The largest absolute Gasteiger partial charge is 0.451 e. The van der Waals surface area contributed by atoms with Gasteiger partial charge in [-0.15, -0.1) is 11.3 Å². The van der Waals surface area contributed by atoms with E-state index in [1.54, 1.807) is 16.7 Å². The summed E-state index contributed by atoms with van der Waals surface area (Å²) >= 11 is 2.97. The van der Waals surface area contributed by atoms with Gasteiger partial charge in [-0.1, -0.05) is 19.3 Å². The number of amides is 1. The van der Waals surface area contributed by atoms with E-state index in [1.807, 2.05) is 16.8 Å². The molecule has 0 unspecified atom stereocenters. The van der Waals surface area contributed by atoms with E-state index in [0.717, 1.165) is 36.3 Å². The summed E-state index contributed by atoms with van der Waals surface area (Å²) in [5.41, 5.74) is 1.25. The van der Waals surface area contributed by atoms with Crippen molar-refractivity contribution >= 4 is 34.6 Å². The summed E-state index contributed by atoms with van der Waals surface area (Å²) in [6.07, 6.45) is 5.55. The number of ether oxygens (including phenoxy) is 1. The molecule has 0 aromatic carbocycles. The summed E-state index contributed by atoms with van der Waals surface area (Å²) < 4.78 is 5.06. The fraction of sp³-hybridized carbons (Fsp3) is 0.438. The highest BCUT2D eigenvalue weighted by atomic mass is 32.1. The van der Waals surface area contributed by atoms with Crippen LogP contribution in [0.3, 0.4) is 0 Å². The third-order valence-electron chi connectivity index (χ3n) is 3.79. The Hall–Kier alpha value is -1.73. The normalized spacial score (nSPS) is 15.3. The van der Waals surface area contributed by atoms with Gasteiger partial charge in [-0.05, 0) is 24.3 Å². The average molecular weight is 350 g/mol. The third kappa shape index (κ3) is 4.39. The summed E-state index contributed by atoms with van der Waals surface area (Å²) in [6.45, 7) is -0.249. The zero-order valence-corrected chi connectivity index (χ0v) is 14.3. The third-order valence-corrected chi connectivity index (χ3v) is 5.36. The van der Waals surface area contributed by atoms with Crippen LogP contribution < -0.4 is 5.32 Å². The van der Waals surface area contributed by atoms with Crippen molar-refractivity contribution in [2.45, 2.75) is 38.1 Å². The Morgan fingerprint density at radius 3 is 2.83 bits per heavy atom. The van der Waals surface area contributed by atoms with Crippen LogP contribution in [0.4, 0.5) is 0 Å². The number of carbonyl (C=O) groups excluding carboxylic acids is 2. The first-order valence-corrected chi connectivity index (χ1v) is 9.49. The summed E-state index contributed by atoms with van der Waals surface area (Å²) in [4.78, 5) is 28.1. The van der Waals surface area contributed by atoms with Crippen LogP contribution in [-0.4, -0.2) is 29.5 Å². The van der Waals surface area contributed by atoms with E-state index in [1.165, 1.54) is 17.8 Å². The minimum atomic E-state index is -0.554. The predicted molar refractivity (Wildman–Crippen MR) is 90.7 cm³/mol. The lowest BCUT2D eigenvalue weighted by molar-refractivity contribution is -0.125. The number of nitrogens with one attached hydrogen (secondary N) is 1. The standard InChI is InChI=1S/C16H18N2O3S2/c19-14(17-12-4-2-1-3-5-12)8-21-16(20)13-10-23-15(18-13)11-6-7-22-9-11/h6-7,9-10,12H,1-5,8H2,(H,17,19). The highest BCUT2D eigenvalue weighted by molar-refractivity contribution is 7.14. The van der Waals surface area contributed by atoms with E-state index < -0.39 is 5.97 Å². The lowest BCUT2D eigenvalue weighted by atomic mass is 9.95. The molecule has 7 heteroatoms. The SMILES string of the molecule is O=C(COC(=O)c1csc(-c2ccsc2)n1)NC1CCCCC1. The van der Waals surface area contributed by atoms with E-state index in [2.05, 4.69) is 10.3 Å². The van der Waals surface area contributed by atoms with Crippen molar-refractivity contribution in [2.75, 3.05) is 6.61 Å². The molecule has 0 spiro atoms. The van der Waals surface area contributed by atoms with Crippen molar-refractivity contribution in [3.05, 3.63) is 27.9 Å². The number of rotatable bonds is 5. The van der Waals surface area contributed by atoms with Crippen LogP contribution >= 0.6 is 22.7 Å². The van der Waals surface area contributed by atoms with Crippen LogP contribution in [-0.2, 0) is 9.53 Å².